The molecule has 0 saturated heterocycles. The number of anilines is 1. The molecule has 0 fully saturated rings. The Morgan fingerprint density at radius 2 is 2.12 bits per heavy atom. The van der Waals surface area contributed by atoms with Gasteiger partial charge in [-0.3, -0.25) is 0 Å². The molecule has 84 valence electrons. The zero-order valence-corrected chi connectivity index (χ0v) is 9.79. The van der Waals surface area contributed by atoms with Crippen molar-refractivity contribution in [2.24, 2.45) is 0 Å². The highest BCUT2D eigenvalue weighted by molar-refractivity contribution is 6.33. The molecule has 0 bridgehead atoms. The topological polar surface area (TPSA) is 52.0 Å². The first-order chi connectivity index (χ1) is 7.74. The van der Waals surface area contributed by atoms with E-state index in [2.05, 4.69) is 12.1 Å². The molecule has 2 rings (SSSR count). The van der Waals surface area contributed by atoms with Crippen LogP contribution in [0.5, 0.6) is 0 Å². The Morgan fingerprint density at radius 3 is 2.81 bits per heavy atom. The summed E-state index contributed by atoms with van der Waals surface area (Å²) < 4.78 is 5.03. The van der Waals surface area contributed by atoms with Crippen LogP contribution in [0.3, 0.4) is 0 Å². The molecule has 1 heterocycles. The predicted molar refractivity (Wildman–Crippen MR) is 65.4 cm³/mol. The van der Waals surface area contributed by atoms with E-state index in [0.29, 0.717) is 10.9 Å². The van der Waals surface area contributed by atoms with Crippen LogP contribution in [0.4, 0.5) is 5.88 Å². The highest BCUT2D eigenvalue weighted by atomic mass is 35.5. The van der Waals surface area contributed by atoms with Crippen molar-refractivity contribution in [3.05, 3.63) is 34.9 Å². The number of nitrogen functional groups attached to an aromatic ring is 1. The van der Waals surface area contributed by atoms with E-state index in [9.17, 15) is 0 Å². The van der Waals surface area contributed by atoms with Gasteiger partial charge >= 0.3 is 0 Å². The first kappa shape index (κ1) is 11.0. The Balaban J connectivity index is 2.52. The third-order valence-corrected chi connectivity index (χ3v) is 2.78. The lowest BCUT2D eigenvalue weighted by Gasteiger charge is -2.02. The van der Waals surface area contributed by atoms with Gasteiger partial charge < -0.3 is 10.3 Å². The molecule has 0 saturated carbocycles. The fraction of sp³-hybridized carbons (Fsp3) is 0.250. The van der Waals surface area contributed by atoms with E-state index in [1.807, 2.05) is 24.3 Å². The van der Waals surface area contributed by atoms with Gasteiger partial charge in [-0.05, 0) is 12.5 Å². The molecule has 0 amide bonds. The number of halogens is 1. The molecule has 2 aromatic rings. The second-order valence-corrected chi connectivity index (χ2v) is 4.01. The van der Waals surface area contributed by atoms with Crippen molar-refractivity contribution in [2.75, 3.05) is 5.73 Å². The lowest BCUT2D eigenvalue weighted by Crippen LogP contribution is -1.92. The van der Waals surface area contributed by atoms with E-state index >= 15 is 0 Å². The van der Waals surface area contributed by atoms with Gasteiger partial charge in [-0.25, -0.2) is 0 Å². The van der Waals surface area contributed by atoms with Gasteiger partial charge in [0.2, 0.25) is 5.88 Å². The summed E-state index contributed by atoms with van der Waals surface area (Å²) in [5.41, 5.74) is 8.31. The molecule has 1 aromatic carbocycles. The average Bonchev–Trinajstić information content (AvgIpc) is 2.62. The fourth-order valence-electron chi connectivity index (χ4n) is 1.68. The monoisotopic (exact) mass is 236 g/mol. The van der Waals surface area contributed by atoms with Crippen LogP contribution in [0.15, 0.2) is 28.8 Å². The Morgan fingerprint density at radius 1 is 1.38 bits per heavy atom. The first-order valence-electron chi connectivity index (χ1n) is 5.23. The number of hydrogen-bond acceptors (Lipinski definition) is 3. The summed E-state index contributed by atoms with van der Waals surface area (Å²) in [4.78, 5) is 0. The lowest BCUT2D eigenvalue weighted by molar-refractivity contribution is 0.438. The zero-order chi connectivity index (χ0) is 11.5. The minimum Gasteiger partial charge on any atom is -0.367 e. The number of nitrogens with two attached hydrogens (primary N) is 1. The Kier molecular flexibility index (Phi) is 3.15. The molecular formula is C12H13ClN2O. The second-order valence-electron chi connectivity index (χ2n) is 3.60. The standard InChI is InChI=1S/C12H13ClN2O/c1-2-5-9-11(15-16-12(9)14)8-6-3-4-7-10(8)13/h3-4,6-7H,2,5,14H2,1H3. The fourth-order valence-corrected chi connectivity index (χ4v) is 1.90. The zero-order valence-electron chi connectivity index (χ0n) is 9.03. The molecular weight excluding hydrogens is 224 g/mol. The van der Waals surface area contributed by atoms with E-state index in [-0.39, 0.29) is 0 Å². The summed E-state index contributed by atoms with van der Waals surface area (Å²) in [5, 5.41) is 4.64. The maximum absolute atomic E-state index is 6.12. The van der Waals surface area contributed by atoms with Crippen LogP contribution in [0.25, 0.3) is 11.3 Å². The molecule has 3 nitrogen and oxygen atoms in total. The Bertz CT molecular complexity index is 494. The van der Waals surface area contributed by atoms with Crippen molar-refractivity contribution in [3.63, 3.8) is 0 Å². The van der Waals surface area contributed by atoms with E-state index < -0.39 is 0 Å². The quantitative estimate of drug-likeness (QED) is 0.887. The minimum atomic E-state index is 0.386. The SMILES string of the molecule is CCCc1c(-c2ccccc2Cl)noc1N. The van der Waals surface area contributed by atoms with Crippen LogP contribution in [0.1, 0.15) is 18.9 Å². The van der Waals surface area contributed by atoms with Crippen LogP contribution >= 0.6 is 11.6 Å². The smallest absolute Gasteiger partial charge is 0.225 e. The van der Waals surface area contributed by atoms with Gasteiger partial charge in [-0.15, -0.1) is 0 Å². The van der Waals surface area contributed by atoms with E-state index in [1.54, 1.807) is 0 Å². The molecule has 0 aliphatic carbocycles. The molecule has 0 unspecified atom stereocenters. The van der Waals surface area contributed by atoms with Crippen LogP contribution in [-0.2, 0) is 6.42 Å². The van der Waals surface area contributed by atoms with E-state index in [1.165, 1.54) is 0 Å². The highest BCUT2D eigenvalue weighted by Gasteiger charge is 2.16. The van der Waals surface area contributed by atoms with Gasteiger partial charge in [0.05, 0.1) is 5.02 Å². The van der Waals surface area contributed by atoms with E-state index in [4.69, 9.17) is 21.9 Å². The highest BCUT2D eigenvalue weighted by Crippen LogP contribution is 2.32. The third-order valence-electron chi connectivity index (χ3n) is 2.45. The maximum atomic E-state index is 6.12. The summed E-state index contributed by atoms with van der Waals surface area (Å²) in [6, 6.07) is 7.55. The van der Waals surface area contributed by atoms with Gasteiger partial charge in [0.1, 0.15) is 5.69 Å². The van der Waals surface area contributed by atoms with Crippen molar-refractivity contribution in [1.29, 1.82) is 0 Å². The number of nitrogens with zero attached hydrogens (tertiary/aromatic N) is 1. The van der Waals surface area contributed by atoms with E-state index in [0.717, 1.165) is 29.7 Å². The minimum absolute atomic E-state index is 0.386. The van der Waals surface area contributed by atoms with Crippen LogP contribution in [0, 0.1) is 0 Å². The molecule has 0 spiro atoms. The summed E-state index contributed by atoms with van der Waals surface area (Å²) in [6.45, 7) is 2.09. The lowest BCUT2D eigenvalue weighted by atomic mass is 10.0. The maximum Gasteiger partial charge on any atom is 0.225 e. The van der Waals surface area contributed by atoms with Crippen molar-refractivity contribution in [2.45, 2.75) is 19.8 Å². The Labute approximate surface area is 99.2 Å². The number of aromatic nitrogens is 1. The summed E-state index contributed by atoms with van der Waals surface area (Å²) >= 11 is 6.12. The third kappa shape index (κ3) is 1.91. The molecule has 1 aromatic heterocycles. The molecule has 0 aliphatic heterocycles. The van der Waals surface area contributed by atoms with Gasteiger partial charge in [-0.2, -0.15) is 0 Å². The van der Waals surface area contributed by atoms with Crippen molar-refractivity contribution in [3.8, 4) is 11.3 Å². The first-order valence-corrected chi connectivity index (χ1v) is 5.60. The van der Waals surface area contributed by atoms with Gasteiger partial charge in [0, 0.05) is 11.1 Å². The largest absolute Gasteiger partial charge is 0.367 e. The molecule has 2 N–H and O–H groups in total. The van der Waals surface area contributed by atoms with Crippen LogP contribution in [-0.4, -0.2) is 5.16 Å². The van der Waals surface area contributed by atoms with Crippen LogP contribution in [0.2, 0.25) is 5.02 Å². The van der Waals surface area contributed by atoms with Crippen molar-refractivity contribution < 1.29 is 4.52 Å². The van der Waals surface area contributed by atoms with Crippen molar-refractivity contribution in [1.82, 2.24) is 5.16 Å². The van der Waals surface area contributed by atoms with Crippen molar-refractivity contribution >= 4 is 17.5 Å². The molecule has 16 heavy (non-hydrogen) atoms. The number of benzene rings is 1. The average molecular weight is 237 g/mol. The molecule has 0 aliphatic rings. The molecule has 0 radical (unpaired) electrons. The molecule has 4 heteroatoms. The summed E-state index contributed by atoms with van der Waals surface area (Å²) in [7, 11) is 0. The number of hydrogen-bond donors (Lipinski definition) is 1. The van der Waals surface area contributed by atoms with Gasteiger partial charge in [0.15, 0.2) is 0 Å². The normalized spacial score (nSPS) is 10.6. The molecule has 0 atom stereocenters. The number of rotatable bonds is 3. The van der Waals surface area contributed by atoms with Gasteiger partial charge in [0.25, 0.3) is 0 Å². The van der Waals surface area contributed by atoms with Crippen LogP contribution < -0.4 is 5.73 Å². The van der Waals surface area contributed by atoms with Gasteiger partial charge in [-0.1, -0.05) is 48.3 Å². The summed E-state index contributed by atoms with van der Waals surface area (Å²) in [6.07, 6.45) is 1.83. The Hall–Kier alpha value is -1.48. The second kappa shape index (κ2) is 4.58. The summed E-state index contributed by atoms with van der Waals surface area (Å²) in [5.74, 6) is 0.386. The predicted octanol–water partition coefficient (Wildman–Crippen LogP) is 3.53.